The fraction of sp³-hybridized carbons (Fsp3) is 0.600. The molecule has 2 fully saturated rings. The Bertz CT molecular complexity index is 632. The van der Waals surface area contributed by atoms with E-state index < -0.39 is 5.60 Å². The summed E-state index contributed by atoms with van der Waals surface area (Å²) in [5.74, 6) is -0.337. The van der Waals surface area contributed by atoms with Crippen LogP contribution < -0.4 is 0 Å². The SMILES string of the molecule is COC(=O)C1CC12CCN(C(=O)C(C)(O)CCc1ccccc1)CC2. The number of rotatable bonds is 5. The monoisotopic (exact) mass is 345 g/mol. The fourth-order valence-electron chi connectivity index (χ4n) is 4.01. The topological polar surface area (TPSA) is 66.8 Å². The predicted octanol–water partition coefficient (Wildman–Crippen LogP) is 2.17. The number of amides is 1. The van der Waals surface area contributed by atoms with Crippen LogP contribution in [0.4, 0.5) is 0 Å². The molecule has 0 radical (unpaired) electrons. The molecular weight excluding hydrogens is 318 g/mol. The first kappa shape index (κ1) is 17.9. The second-order valence-corrected chi connectivity index (χ2v) is 7.69. The number of aryl methyl sites for hydroxylation is 1. The summed E-state index contributed by atoms with van der Waals surface area (Å²) in [7, 11) is 1.43. The first-order valence-corrected chi connectivity index (χ1v) is 9.01. The van der Waals surface area contributed by atoms with Crippen molar-refractivity contribution < 1.29 is 19.4 Å². The standard InChI is InChI=1S/C20H27NO4/c1-19(24,9-8-15-6-4-3-5-7-15)18(23)21-12-10-20(11-13-21)14-16(20)17(22)25-2/h3-7,16,24H,8-14H2,1-2H3. The zero-order chi connectivity index (χ0) is 18.1. The second kappa shape index (κ2) is 6.79. The molecule has 1 aliphatic carbocycles. The first-order valence-electron chi connectivity index (χ1n) is 9.01. The quantitative estimate of drug-likeness (QED) is 0.831. The summed E-state index contributed by atoms with van der Waals surface area (Å²) < 4.78 is 4.84. The van der Waals surface area contributed by atoms with Gasteiger partial charge in [-0.2, -0.15) is 0 Å². The van der Waals surface area contributed by atoms with Crippen LogP contribution in [0.3, 0.4) is 0 Å². The van der Waals surface area contributed by atoms with Crippen molar-refractivity contribution in [2.24, 2.45) is 11.3 Å². The highest BCUT2D eigenvalue weighted by molar-refractivity contribution is 5.85. The van der Waals surface area contributed by atoms with Crippen LogP contribution in [0, 0.1) is 11.3 Å². The third kappa shape index (κ3) is 3.71. The van der Waals surface area contributed by atoms with Gasteiger partial charge in [0.15, 0.2) is 0 Å². The second-order valence-electron chi connectivity index (χ2n) is 7.69. The van der Waals surface area contributed by atoms with Gasteiger partial charge < -0.3 is 14.7 Å². The number of methoxy groups -OCH3 is 1. The summed E-state index contributed by atoms with van der Waals surface area (Å²) in [6.07, 6.45) is 3.57. The molecule has 1 saturated heterocycles. The van der Waals surface area contributed by atoms with Gasteiger partial charge in [0.2, 0.25) is 0 Å². The van der Waals surface area contributed by atoms with Crippen molar-refractivity contribution in [1.29, 1.82) is 0 Å². The van der Waals surface area contributed by atoms with Crippen LogP contribution in [0.15, 0.2) is 30.3 Å². The molecule has 1 spiro atoms. The average molecular weight is 345 g/mol. The molecule has 1 heterocycles. The third-order valence-electron chi connectivity index (χ3n) is 5.93. The van der Waals surface area contributed by atoms with Gasteiger partial charge in [-0.25, -0.2) is 0 Å². The van der Waals surface area contributed by atoms with Crippen LogP contribution in [0.1, 0.15) is 38.2 Å². The Morgan fingerprint density at radius 3 is 2.52 bits per heavy atom. The summed E-state index contributed by atoms with van der Waals surface area (Å²) in [5.41, 5.74) is -0.210. The molecule has 2 unspecified atom stereocenters. The van der Waals surface area contributed by atoms with E-state index in [0.717, 1.165) is 24.8 Å². The molecule has 5 nitrogen and oxygen atoms in total. The minimum atomic E-state index is -1.36. The minimum absolute atomic E-state index is 0.00616. The largest absolute Gasteiger partial charge is 0.469 e. The van der Waals surface area contributed by atoms with Gasteiger partial charge in [0.05, 0.1) is 13.0 Å². The van der Waals surface area contributed by atoms with Crippen LogP contribution in [0.25, 0.3) is 0 Å². The highest BCUT2D eigenvalue weighted by Crippen LogP contribution is 2.59. The Balaban J connectivity index is 1.52. The number of likely N-dealkylation sites (tertiary alicyclic amines) is 1. The molecule has 1 N–H and O–H groups in total. The van der Waals surface area contributed by atoms with E-state index in [0.29, 0.717) is 25.9 Å². The lowest BCUT2D eigenvalue weighted by Crippen LogP contribution is -2.50. The molecule has 1 aromatic carbocycles. The zero-order valence-electron chi connectivity index (χ0n) is 15.0. The summed E-state index contributed by atoms with van der Waals surface area (Å²) in [6.45, 7) is 2.82. The molecule has 3 rings (SSSR count). The normalized spacial score (nSPS) is 23.8. The predicted molar refractivity (Wildman–Crippen MR) is 93.8 cm³/mol. The summed E-state index contributed by atoms with van der Waals surface area (Å²) in [5, 5.41) is 10.7. The van der Waals surface area contributed by atoms with Gasteiger partial charge in [0.1, 0.15) is 5.60 Å². The molecule has 0 bridgehead atoms. The maximum atomic E-state index is 12.7. The van der Waals surface area contributed by atoms with Gasteiger partial charge in [-0.1, -0.05) is 30.3 Å². The Labute approximate surface area is 149 Å². The van der Waals surface area contributed by atoms with Crippen LogP contribution in [0.2, 0.25) is 0 Å². The van der Waals surface area contributed by atoms with Crippen molar-refractivity contribution in [1.82, 2.24) is 4.90 Å². The van der Waals surface area contributed by atoms with Crippen molar-refractivity contribution in [2.45, 2.75) is 44.6 Å². The Morgan fingerprint density at radius 1 is 1.28 bits per heavy atom. The van der Waals surface area contributed by atoms with Crippen LogP contribution in [-0.2, 0) is 20.7 Å². The summed E-state index contributed by atoms with van der Waals surface area (Å²) in [4.78, 5) is 26.2. The van der Waals surface area contributed by atoms with Crippen LogP contribution >= 0.6 is 0 Å². The van der Waals surface area contributed by atoms with E-state index in [9.17, 15) is 14.7 Å². The van der Waals surface area contributed by atoms with E-state index in [-0.39, 0.29) is 23.2 Å². The number of carbonyl (C=O) groups excluding carboxylic acids is 2. The molecule has 5 heteroatoms. The maximum absolute atomic E-state index is 12.7. The average Bonchev–Trinajstić information content (AvgIpc) is 3.33. The first-order chi connectivity index (χ1) is 11.9. The number of esters is 1. The van der Waals surface area contributed by atoms with E-state index in [1.165, 1.54) is 7.11 Å². The number of ether oxygens (including phenoxy) is 1. The van der Waals surface area contributed by atoms with Gasteiger partial charge in [-0.15, -0.1) is 0 Å². The van der Waals surface area contributed by atoms with Crippen molar-refractivity contribution >= 4 is 11.9 Å². The van der Waals surface area contributed by atoms with Gasteiger partial charge >= 0.3 is 5.97 Å². The lowest BCUT2D eigenvalue weighted by molar-refractivity contribution is -0.152. The zero-order valence-corrected chi connectivity index (χ0v) is 15.0. The lowest BCUT2D eigenvalue weighted by atomic mass is 9.88. The summed E-state index contributed by atoms with van der Waals surface area (Å²) >= 11 is 0. The van der Waals surface area contributed by atoms with Crippen molar-refractivity contribution in [3.63, 3.8) is 0 Å². The van der Waals surface area contributed by atoms with Gasteiger partial charge in [0.25, 0.3) is 5.91 Å². The third-order valence-corrected chi connectivity index (χ3v) is 5.93. The Hall–Kier alpha value is -1.88. The van der Waals surface area contributed by atoms with Gasteiger partial charge in [-0.05, 0) is 50.0 Å². The summed E-state index contributed by atoms with van der Waals surface area (Å²) in [6, 6.07) is 9.89. The molecular formula is C20H27NO4. The molecule has 2 atom stereocenters. The van der Waals surface area contributed by atoms with Crippen molar-refractivity contribution in [2.75, 3.05) is 20.2 Å². The number of aliphatic hydroxyl groups is 1. The maximum Gasteiger partial charge on any atom is 0.309 e. The molecule has 2 aliphatic rings. The van der Waals surface area contributed by atoms with E-state index >= 15 is 0 Å². The molecule has 25 heavy (non-hydrogen) atoms. The van der Waals surface area contributed by atoms with Crippen LogP contribution in [-0.4, -0.2) is 47.7 Å². The lowest BCUT2D eigenvalue weighted by Gasteiger charge is -2.37. The molecule has 1 amide bonds. The molecule has 1 saturated carbocycles. The number of nitrogens with zero attached hydrogens (tertiary/aromatic N) is 1. The van der Waals surface area contributed by atoms with Gasteiger partial charge in [0, 0.05) is 13.1 Å². The number of hydrogen-bond acceptors (Lipinski definition) is 4. The fourth-order valence-corrected chi connectivity index (χ4v) is 4.01. The van der Waals surface area contributed by atoms with Gasteiger partial charge in [-0.3, -0.25) is 9.59 Å². The Morgan fingerprint density at radius 2 is 1.92 bits per heavy atom. The molecule has 136 valence electrons. The van der Waals surface area contributed by atoms with E-state index in [4.69, 9.17) is 4.74 Å². The van der Waals surface area contributed by atoms with Crippen molar-refractivity contribution in [3.8, 4) is 0 Å². The van der Waals surface area contributed by atoms with E-state index in [1.54, 1.807) is 11.8 Å². The van der Waals surface area contributed by atoms with Crippen molar-refractivity contribution in [3.05, 3.63) is 35.9 Å². The smallest absolute Gasteiger partial charge is 0.309 e. The number of benzene rings is 1. The minimum Gasteiger partial charge on any atom is -0.469 e. The molecule has 1 aromatic rings. The van der Waals surface area contributed by atoms with E-state index in [2.05, 4.69) is 0 Å². The highest BCUT2D eigenvalue weighted by Gasteiger charge is 2.59. The van der Waals surface area contributed by atoms with E-state index in [1.807, 2.05) is 30.3 Å². The van der Waals surface area contributed by atoms with Crippen LogP contribution in [0.5, 0.6) is 0 Å². The molecule has 1 aliphatic heterocycles. The Kier molecular flexibility index (Phi) is 4.87. The number of hydrogen-bond donors (Lipinski definition) is 1. The highest BCUT2D eigenvalue weighted by atomic mass is 16.5. The molecule has 0 aromatic heterocycles. The number of carbonyl (C=O) groups is 2. The number of piperidine rings is 1.